The lowest BCUT2D eigenvalue weighted by molar-refractivity contribution is 0.102. The minimum Gasteiger partial charge on any atom is -0.380 e. The molecule has 4 nitrogen and oxygen atoms in total. The summed E-state index contributed by atoms with van der Waals surface area (Å²) in [5.74, 6) is -0.165. The van der Waals surface area contributed by atoms with Crippen molar-refractivity contribution >= 4 is 17.3 Å². The van der Waals surface area contributed by atoms with Gasteiger partial charge in [0, 0.05) is 24.6 Å². The van der Waals surface area contributed by atoms with Gasteiger partial charge >= 0.3 is 0 Å². The summed E-state index contributed by atoms with van der Waals surface area (Å²) in [6.45, 7) is 4.74. The van der Waals surface area contributed by atoms with Gasteiger partial charge in [-0.15, -0.1) is 0 Å². The van der Waals surface area contributed by atoms with Gasteiger partial charge in [-0.25, -0.2) is 0 Å². The molecule has 1 aromatic heterocycles. The molecule has 3 aromatic rings. The van der Waals surface area contributed by atoms with Crippen molar-refractivity contribution in [3.8, 4) is 0 Å². The predicted octanol–water partition coefficient (Wildman–Crippen LogP) is 4.56. The van der Waals surface area contributed by atoms with Gasteiger partial charge in [0.2, 0.25) is 0 Å². The van der Waals surface area contributed by atoms with E-state index in [2.05, 4.69) is 34.7 Å². The number of carbonyl (C=O) groups excluding carboxylic acids is 1. The third-order valence-corrected chi connectivity index (χ3v) is 4.14. The summed E-state index contributed by atoms with van der Waals surface area (Å²) in [4.78, 5) is 16.6. The number of rotatable bonds is 5. The normalized spacial score (nSPS) is 10.3. The number of hydrogen-bond donors (Lipinski definition) is 2. The molecule has 0 atom stereocenters. The van der Waals surface area contributed by atoms with E-state index >= 15 is 0 Å². The van der Waals surface area contributed by atoms with Crippen LogP contribution in [-0.2, 0) is 6.54 Å². The van der Waals surface area contributed by atoms with Gasteiger partial charge in [0.15, 0.2) is 0 Å². The van der Waals surface area contributed by atoms with Crippen molar-refractivity contribution in [3.63, 3.8) is 0 Å². The second kappa shape index (κ2) is 7.62. The molecule has 0 saturated heterocycles. The van der Waals surface area contributed by atoms with Crippen LogP contribution >= 0.6 is 0 Å². The van der Waals surface area contributed by atoms with E-state index in [0.717, 1.165) is 16.9 Å². The number of aromatic nitrogens is 1. The average Bonchev–Trinajstić information content (AvgIpc) is 2.63. The van der Waals surface area contributed by atoms with Gasteiger partial charge in [-0.05, 0) is 42.7 Å². The van der Waals surface area contributed by atoms with Gasteiger partial charge in [0.25, 0.3) is 5.91 Å². The van der Waals surface area contributed by atoms with E-state index in [-0.39, 0.29) is 5.91 Å². The van der Waals surface area contributed by atoms with Crippen LogP contribution in [0.3, 0.4) is 0 Å². The van der Waals surface area contributed by atoms with E-state index in [0.29, 0.717) is 12.1 Å². The summed E-state index contributed by atoms with van der Waals surface area (Å²) in [6, 6.07) is 17.7. The second-order valence-electron chi connectivity index (χ2n) is 6.01. The molecule has 4 heteroatoms. The van der Waals surface area contributed by atoms with Crippen molar-refractivity contribution in [3.05, 3.63) is 89.2 Å². The van der Waals surface area contributed by atoms with Gasteiger partial charge in [-0.2, -0.15) is 0 Å². The van der Waals surface area contributed by atoms with E-state index < -0.39 is 0 Å². The fourth-order valence-electron chi connectivity index (χ4n) is 2.57. The molecule has 1 amide bonds. The zero-order valence-corrected chi connectivity index (χ0v) is 14.4. The van der Waals surface area contributed by atoms with E-state index in [4.69, 9.17) is 0 Å². The van der Waals surface area contributed by atoms with Crippen LogP contribution in [0.1, 0.15) is 27.0 Å². The first-order chi connectivity index (χ1) is 12.1. The van der Waals surface area contributed by atoms with Crippen LogP contribution in [0.2, 0.25) is 0 Å². The minimum atomic E-state index is -0.165. The molecule has 0 aliphatic carbocycles. The topological polar surface area (TPSA) is 54.0 Å². The van der Waals surface area contributed by atoms with Crippen LogP contribution in [-0.4, -0.2) is 10.9 Å². The number of pyridine rings is 1. The highest BCUT2D eigenvalue weighted by Crippen LogP contribution is 2.16. The number of hydrogen-bond acceptors (Lipinski definition) is 3. The molecule has 1 heterocycles. The maximum atomic E-state index is 12.5. The second-order valence-corrected chi connectivity index (χ2v) is 6.01. The Hall–Kier alpha value is -3.14. The SMILES string of the molecule is Cc1ccccc1CNc1cncc(C(=O)Nc2ccccc2C)c1. The van der Waals surface area contributed by atoms with Gasteiger partial charge in [-0.3, -0.25) is 9.78 Å². The Labute approximate surface area is 147 Å². The Morgan fingerprint density at radius 2 is 1.68 bits per heavy atom. The summed E-state index contributed by atoms with van der Waals surface area (Å²) in [5.41, 5.74) is 5.64. The fraction of sp³-hybridized carbons (Fsp3) is 0.143. The first kappa shape index (κ1) is 16.7. The smallest absolute Gasteiger partial charge is 0.257 e. The number of carbonyl (C=O) groups is 1. The van der Waals surface area contributed by atoms with Crippen molar-refractivity contribution in [2.24, 2.45) is 0 Å². The van der Waals surface area contributed by atoms with Crippen molar-refractivity contribution in [2.45, 2.75) is 20.4 Å². The molecule has 0 unspecified atom stereocenters. The Bertz CT molecular complexity index is 890. The predicted molar refractivity (Wildman–Crippen MR) is 102 cm³/mol. The highest BCUT2D eigenvalue weighted by atomic mass is 16.1. The summed E-state index contributed by atoms with van der Waals surface area (Å²) in [5, 5.41) is 6.26. The lowest BCUT2D eigenvalue weighted by Crippen LogP contribution is -2.13. The number of para-hydroxylation sites is 1. The van der Waals surface area contributed by atoms with E-state index in [1.165, 1.54) is 11.1 Å². The Morgan fingerprint density at radius 1 is 0.960 bits per heavy atom. The molecule has 0 aliphatic heterocycles. The molecule has 0 spiro atoms. The Kier molecular flexibility index (Phi) is 5.09. The van der Waals surface area contributed by atoms with Crippen LogP contribution in [0, 0.1) is 13.8 Å². The van der Waals surface area contributed by atoms with Crippen molar-refractivity contribution < 1.29 is 4.79 Å². The molecule has 0 aliphatic rings. The van der Waals surface area contributed by atoms with Crippen LogP contribution in [0.25, 0.3) is 0 Å². The molecular weight excluding hydrogens is 310 g/mol. The number of aryl methyl sites for hydroxylation is 2. The highest BCUT2D eigenvalue weighted by Gasteiger charge is 2.09. The van der Waals surface area contributed by atoms with Gasteiger partial charge in [0.05, 0.1) is 11.3 Å². The molecule has 3 rings (SSSR count). The van der Waals surface area contributed by atoms with Crippen molar-refractivity contribution in [2.75, 3.05) is 10.6 Å². The molecule has 2 aromatic carbocycles. The number of anilines is 2. The third kappa shape index (κ3) is 4.23. The fourth-order valence-corrected chi connectivity index (χ4v) is 2.57. The number of benzene rings is 2. The third-order valence-electron chi connectivity index (χ3n) is 4.14. The maximum Gasteiger partial charge on any atom is 0.257 e. The first-order valence-corrected chi connectivity index (χ1v) is 8.24. The zero-order valence-electron chi connectivity index (χ0n) is 14.4. The van der Waals surface area contributed by atoms with Gasteiger partial charge in [0.1, 0.15) is 0 Å². The van der Waals surface area contributed by atoms with Crippen molar-refractivity contribution in [1.82, 2.24) is 4.98 Å². The summed E-state index contributed by atoms with van der Waals surface area (Å²) in [7, 11) is 0. The summed E-state index contributed by atoms with van der Waals surface area (Å²) in [6.07, 6.45) is 3.30. The molecule has 0 fully saturated rings. The monoisotopic (exact) mass is 331 g/mol. The quantitative estimate of drug-likeness (QED) is 0.720. The number of nitrogens with one attached hydrogen (secondary N) is 2. The Balaban J connectivity index is 1.70. The summed E-state index contributed by atoms with van der Waals surface area (Å²) >= 11 is 0. The van der Waals surface area contributed by atoms with Crippen LogP contribution in [0.5, 0.6) is 0 Å². The molecule has 0 saturated carbocycles. The standard InChI is InChI=1S/C21H21N3O/c1-15-7-3-5-9-17(15)13-23-19-11-18(12-22-14-19)21(25)24-20-10-6-4-8-16(20)2/h3-12,14,23H,13H2,1-2H3,(H,24,25). The first-order valence-electron chi connectivity index (χ1n) is 8.24. The lowest BCUT2D eigenvalue weighted by atomic mass is 10.1. The van der Waals surface area contributed by atoms with Crippen LogP contribution in [0.15, 0.2) is 67.0 Å². The molecule has 25 heavy (non-hydrogen) atoms. The van der Waals surface area contributed by atoms with Crippen LogP contribution < -0.4 is 10.6 Å². The van der Waals surface area contributed by atoms with Gasteiger partial charge < -0.3 is 10.6 Å². The van der Waals surface area contributed by atoms with Crippen LogP contribution in [0.4, 0.5) is 11.4 Å². The largest absolute Gasteiger partial charge is 0.380 e. The van der Waals surface area contributed by atoms with E-state index in [9.17, 15) is 4.79 Å². The van der Waals surface area contributed by atoms with E-state index in [1.54, 1.807) is 12.4 Å². The molecule has 0 radical (unpaired) electrons. The molecule has 126 valence electrons. The zero-order chi connectivity index (χ0) is 17.6. The molecule has 2 N–H and O–H groups in total. The minimum absolute atomic E-state index is 0.165. The number of nitrogens with zero attached hydrogens (tertiary/aromatic N) is 1. The number of amides is 1. The average molecular weight is 331 g/mol. The summed E-state index contributed by atoms with van der Waals surface area (Å²) < 4.78 is 0. The highest BCUT2D eigenvalue weighted by molar-refractivity contribution is 6.04. The maximum absolute atomic E-state index is 12.5. The van der Waals surface area contributed by atoms with Crippen molar-refractivity contribution in [1.29, 1.82) is 0 Å². The molecular formula is C21H21N3O. The lowest BCUT2D eigenvalue weighted by Gasteiger charge is -2.11. The molecule has 0 bridgehead atoms. The van der Waals surface area contributed by atoms with E-state index in [1.807, 2.05) is 49.4 Å². The Morgan fingerprint density at radius 3 is 2.44 bits per heavy atom. The van der Waals surface area contributed by atoms with Gasteiger partial charge in [-0.1, -0.05) is 42.5 Å².